The van der Waals surface area contributed by atoms with Crippen molar-refractivity contribution in [1.82, 2.24) is 19.5 Å². The number of fused-ring (bicyclic) bond motifs is 1. The van der Waals surface area contributed by atoms with E-state index in [1.807, 2.05) is 32.0 Å². The molecule has 0 saturated heterocycles. The summed E-state index contributed by atoms with van der Waals surface area (Å²) in [5, 5.41) is 11.5. The molecule has 0 aliphatic rings. The summed E-state index contributed by atoms with van der Waals surface area (Å²) < 4.78 is 21.8. The Balaban J connectivity index is 1.58. The minimum Gasteiger partial charge on any atom is -0.493 e. The lowest BCUT2D eigenvalue weighted by Gasteiger charge is -2.29. The Morgan fingerprint density at radius 3 is 2.35 bits per heavy atom. The van der Waals surface area contributed by atoms with Crippen molar-refractivity contribution >= 4 is 28.6 Å². The molecule has 0 aliphatic carbocycles. The average Bonchev–Trinajstić information content (AvgIpc) is 3.30. The zero-order valence-corrected chi connectivity index (χ0v) is 27.9. The lowest BCUT2D eigenvalue weighted by molar-refractivity contribution is -0.149. The third-order valence-electron chi connectivity index (χ3n) is 8.37. The molecule has 5 rings (SSSR count). The maximum Gasteiger partial charge on any atom is 0.310 e. The maximum absolute atomic E-state index is 13.4. The number of nitrogens with zero attached hydrogens (tertiary/aromatic N) is 4. The highest BCUT2D eigenvalue weighted by Gasteiger charge is 2.38. The van der Waals surface area contributed by atoms with Gasteiger partial charge in [-0.3, -0.25) is 19.7 Å². The minimum atomic E-state index is -0.895. The molecule has 0 amide bonds. The standard InChI is InChI=1S/C37H41FN4O3S/c1-6-37(7-2,35(43)44)21-33-34(46-36(3,4)5)30-20-29(45-19-16-28-23-39-17-18-40-28)13-15-32(30)42(33)24-25-8-10-26(11-9-25)31-14-12-27(38)22-41-31/h8-15,17-18,20,22-23H,6-7,16,19,21,24H2,1-5H3,(H,43,44). The molecule has 3 aromatic heterocycles. The van der Waals surface area contributed by atoms with Crippen molar-refractivity contribution in [2.24, 2.45) is 5.41 Å². The summed E-state index contributed by atoms with van der Waals surface area (Å²) in [7, 11) is 0. The van der Waals surface area contributed by atoms with Gasteiger partial charge in [-0.05, 0) is 48.7 Å². The van der Waals surface area contributed by atoms with Crippen LogP contribution in [0.2, 0.25) is 0 Å². The first-order valence-electron chi connectivity index (χ1n) is 15.7. The van der Waals surface area contributed by atoms with E-state index in [4.69, 9.17) is 4.74 Å². The molecular formula is C37H41FN4O3S. The van der Waals surface area contributed by atoms with Gasteiger partial charge in [0.05, 0.1) is 29.6 Å². The molecule has 0 radical (unpaired) electrons. The van der Waals surface area contributed by atoms with Gasteiger partial charge in [0.25, 0.3) is 0 Å². The van der Waals surface area contributed by atoms with E-state index in [1.54, 1.807) is 36.4 Å². The molecule has 46 heavy (non-hydrogen) atoms. The van der Waals surface area contributed by atoms with Crippen LogP contribution in [0.3, 0.4) is 0 Å². The van der Waals surface area contributed by atoms with Gasteiger partial charge in [-0.1, -0.05) is 58.9 Å². The third kappa shape index (κ3) is 7.58. The van der Waals surface area contributed by atoms with Crippen LogP contribution in [0.5, 0.6) is 5.75 Å². The van der Waals surface area contributed by atoms with Gasteiger partial charge in [-0.2, -0.15) is 0 Å². The second-order valence-electron chi connectivity index (χ2n) is 12.6. The van der Waals surface area contributed by atoms with Gasteiger partial charge in [0, 0.05) is 69.8 Å². The van der Waals surface area contributed by atoms with Crippen LogP contribution in [0, 0.1) is 11.2 Å². The van der Waals surface area contributed by atoms with Crippen LogP contribution in [0.25, 0.3) is 22.2 Å². The monoisotopic (exact) mass is 640 g/mol. The zero-order chi connectivity index (χ0) is 32.9. The highest BCUT2D eigenvalue weighted by molar-refractivity contribution is 8.00. The highest BCUT2D eigenvalue weighted by Crippen LogP contribution is 2.45. The molecule has 9 heteroatoms. The number of carboxylic acid groups (broad SMARTS) is 1. The fourth-order valence-corrected chi connectivity index (χ4v) is 6.85. The summed E-state index contributed by atoms with van der Waals surface area (Å²) in [5.41, 5.74) is 4.68. The molecule has 3 heterocycles. The number of hydrogen-bond acceptors (Lipinski definition) is 6. The Hall–Kier alpha value is -4.24. The number of hydrogen-bond donors (Lipinski definition) is 1. The Morgan fingerprint density at radius 2 is 1.74 bits per heavy atom. The minimum absolute atomic E-state index is 0.120. The fraction of sp³-hybridized carbons (Fsp3) is 0.351. The molecule has 0 fully saturated rings. The van der Waals surface area contributed by atoms with Crippen molar-refractivity contribution < 1.29 is 19.0 Å². The topological polar surface area (TPSA) is 90.1 Å². The van der Waals surface area contributed by atoms with Crippen molar-refractivity contribution in [1.29, 1.82) is 0 Å². The first-order chi connectivity index (χ1) is 22.0. The number of halogens is 1. The lowest BCUT2D eigenvalue weighted by Crippen LogP contribution is -2.33. The first-order valence-corrected chi connectivity index (χ1v) is 16.5. The van der Waals surface area contributed by atoms with Gasteiger partial charge in [0.15, 0.2) is 0 Å². The number of thioether (sulfide) groups is 1. The number of ether oxygens (including phenoxy) is 1. The molecule has 0 unspecified atom stereocenters. The van der Waals surface area contributed by atoms with Gasteiger partial charge in [-0.15, -0.1) is 11.8 Å². The third-order valence-corrected chi connectivity index (χ3v) is 9.65. The van der Waals surface area contributed by atoms with Crippen LogP contribution in [-0.4, -0.2) is 41.9 Å². The van der Waals surface area contributed by atoms with E-state index in [0.717, 1.165) is 44.1 Å². The number of carbonyl (C=O) groups is 1. The van der Waals surface area contributed by atoms with Gasteiger partial charge < -0.3 is 14.4 Å². The number of carboxylic acids is 1. The van der Waals surface area contributed by atoms with E-state index in [9.17, 15) is 14.3 Å². The Labute approximate surface area is 274 Å². The van der Waals surface area contributed by atoms with E-state index in [2.05, 4.69) is 64.6 Å². The van der Waals surface area contributed by atoms with Gasteiger partial charge in [0.2, 0.25) is 0 Å². The molecule has 240 valence electrons. The normalized spacial score (nSPS) is 12.0. The highest BCUT2D eigenvalue weighted by atomic mass is 32.2. The molecule has 7 nitrogen and oxygen atoms in total. The Kier molecular flexibility index (Phi) is 10.1. The van der Waals surface area contributed by atoms with Crippen molar-refractivity contribution in [3.05, 3.63) is 102 Å². The van der Waals surface area contributed by atoms with Gasteiger partial charge >= 0.3 is 5.97 Å². The molecule has 0 aliphatic heterocycles. The smallest absolute Gasteiger partial charge is 0.310 e. The van der Waals surface area contributed by atoms with Crippen LogP contribution in [0.15, 0.2) is 84.3 Å². The average molecular weight is 641 g/mol. The maximum atomic E-state index is 13.4. The van der Waals surface area contributed by atoms with Crippen LogP contribution in [-0.2, 0) is 24.2 Å². The van der Waals surface area contributed by atoms with E-state index < -0.39 is 11.4 Å². The number of pyridine rings is 1. The molecule has 2 aromatic carbocycles. The molecule has 5 aromatic rings. The number of aromatic nitrogens is 4. The molecule has 0 bridgehead atoms. The quantitative estimate of drug-likeness (QED) is 0.129. The molecule has 1 N–H and O–H groups in total. The molecule has 0 saturated carbocycles. The summed E-state index contributed by atoms with van der Waals surface area (Å²) in [5.74, 6) is -0.389. The van der Waals surface area contributed by atoms with Gasteiger partial charge in [0.1, 0.15) is 11.6 Å². The fourth-order valence-electron chi connectivity index (χ4n) is 5.66. The van der Waals surface area contributed by atoms with Crippen LogP contribution >= 0.6 is 11.8 Å². The van der Waals surface area contributed by atoms with Crippen molar-refractivity contribution in [2.45, 2.75) is 76.5 Å². The Bertz CT molecular complexity index is 1780. The van der Waals surface area contributed by atoms with E-state index in [1.165, 1.54) is 12.3 Å². The molecule has 0 spiro atoms. The van der Waals surface area contributed by atoms with Crippen LogP contribution in [0.1, 0.15) is 64.4 Å². The number of rotatable bonds is 13. The predicted octanol–water partition coefficient (Wildman–Crippen LogP) is 8.63. The molecule has 0 atom stereocenters. The summed E-state index contributed by atoms with van der Waals surface area (Å²) in [6, 6.07) is 17.3. The van der Waals surface area contributed by atoms with Crippen molar-refractivity contribution in [2.75, 3.05) is 6.61 Å². The Morgan fingerprint density at radius 1 is 0.978 bits per heavy atom. The van der Waals surface area contributed by atoms with E-state index in [-0.39, 0.29) is 10.6 Å². The zero-order valence-electron chi connectivity index (χ0n) is 27.1. The lowest BCUT2D eigenvalue weighted by atomic mass is 9.78. The summed E-state index contributed by atoms with van der Waals surface area (Å²) in [6.45, 7) is 11.5. The van der Waals surface area contributed by atoms with Crippen LogP contribution < -0.4 is 4.74 Å². The van der Waals surface area contributed by atoms with E-state index in [0.29, 0.717) is 44.5 Å². The summed E-state index contributed by atoms with van der Waals surface area (Å²) in [4.78, 5) is 26.6. The molecular weight excluding hydrogens is 599 g/mol. The number of benzene rings is 2. The predicted molar refractivity (Wildman–Crippen MR) is 182 cm³/mol. The van der Waals surface area contributed by atoms with Crippen LogP contribution in [0.4, 0.5) is 4.39 Å². The first kappa shape index (κ1) is 33.1. The van der Waals surface area contributed by atoms with E-state index >= 15 is 0 Å². The second kappa shape index (κ2) is 14.0. The second-order valence-corrected chi connectivity index (χ2v) is 14.4. The summed E-state index contributed by atoms with van der Waals surface area (Å²) in [6.07, 6.45) is 8.39. The van der Waals surface area contributed by atoms with Crippen molar-refractivity contribution in [3.8, 4) is 17.0 Å². The summed E-state index contributed by atoms with van der Waals surface area (Å²) >= 11 is 1.77. The SMILES string of the molecule is CCC(CC)(Cc1c(SC(C)(C)C)c2cc(OCCc3cnccn3)ccc2n1Cc1ccc(-c2ccc(F)cn2)cc1)C(=O)O. The largest absolute Gasteiger partial charge is 0.493 e. The van der Waals surface area contributed by atoms with Gasteiger partial charge in [-0.25, -0.2) is 4.39 Å². The number of aliphatic carboxylic acids is 1. The van der Waals surface area contributed by atoms with Crippen molar-refractivity contribution in [3.63, 3.8) is 0 Å².